The van der Waals surface area contributed by atoms with Crippen LogP contribution in [0.15, 0.2) is 48.7 Å². The predicted molar refractivity (Wildman–Crippen MR) is 84.1 cm³/mol. The lowest BCUT2D eigenvalue weighted by Crippen LogP contribution is -1.92. The van der Waals surface area contributed by atoms with E-state index in [1.54, 1.807) is 0 Å². The van der Waals surface area contributed by atoms with Crippen LogP contribution >= 0.6 is 0 Å². The van der Waals surface area contributed by atoms with Gasteiger partial charge in [-0.05, 0) is 30.0 Å². The molecule has 0 saturated carbocycles. The molecule has 0 radical (unpaired) electrons. The molecule has 102 valence electrons. The highest BCUT2D eigenvalue weighted by Gasteiger charge is 2.12. The molecule has 0 bridgehead atoms. The van der Waals surface area contributed by atoms with Crippen molar-refractivity contribution in [3.63, 3.8) is 0 Å². The van der Waals surface area contributed by atoms with E-state index in [1.807, 2.05) is 6.07 Å². The van der Waals surface area contributed by atoms with Crippen molar-refractivity contribution >= 4 is 5.65 Å². The molecule has 1 aromatic carbocycles. The first kappa shape index (κ1) is 12.9. The van der Waals surface area contributed by atoms with Gasteiger partial charge < -0.3 is 4.40 Å². The van der Waals surface area contributed by atoms with Crippen LogP contribution in [-0.4, -0.2) is 9.38 Å². The highest BCUT2D eigenvalue weighted by atomic mass is 15.0. The first-order valence-electron chi connectivity index (χ1n) is 7.27. The van der Waals surface area contributed by atoms with Crippen LogP contribution in [0.4, 0.5) is 0 Å². The smallest absolute Gasteiger partial charge is 0.137 e. The standard InChI is InChI=1S/C18H20N2/c1-4-16-18(19-17-7-5-6-12-20(16)17)15-10-8-14(9-11-15)13(2)3/h5-13H,4H2,1-3H3. The van der Waals surface area contributed by atoms with Crippen LogP contribution in [0, 0.1) is 0 Å². The van der Waals surface area contributed by atoms with Crippen molar-refractivity contribution in [3.05, 3.63) is 59.9 Å². The second-order valence-electron chi connectivity index (χ2n) is 5.47. The molecule has 0 aliphatic rings. The molecule has 0 amide bonds. The van der Waals surface area contributed by atoms with Crippen molar-refractivity contribution in [1.29, 1.82) is 0 Å². The molecule has 0 N–H and O–H groups in total. The van der Waals surface area contributed by atoms with E-state index in [9.17, 15) is 0 Å². The number of nitrogens with zero attached hydrogens (tertiary/aromatic N) is 2. The van der Waals surface area contributed by atoms with Crippen molar-refractivity contribution in [2.75, 3.05) is 0 Å². The molecule has 2 heteroatoms. The average molecular weight is 264 g/mol. The lowest BCUT2D eigenvalue weighted by molar-refractivity contribution is 0.867. The number of imidazole rings is 1. The Bertz CT molecular complexity index is 721. The number of benzene rings is 1. The van der Waals surface area contributed by atoms with Crippen LogP contribution in [-0.2, 0) is 6.42 Å². The molecule has 2 heterocycles. The van der Waals surface area contributed by atoms with E-state index >= 15 is 0 Å². The summed E-state index contributed by atoms with van der Waals surface area (Å²) < 4.78 is 2.19. The summed E-state index contributed by atoms with van der Waals surface area (Å²) in [6, 6.07) is 15.0. The number of hydrogen-bond acceptors (Lipinski definition) is 1. The van der Waals surface area contributed by atoms with E-state index in [0.29, 0.717) is 5.92 Å². The lowest BCUT2D eigenvalue weighted by Gasteiger charge is -2.07. The topological polar surface area (TPSA) is 17.3 Å². The number of fused-ring (bicyclic) bond motifs is 1. The molecule has 20 heavy (non-hydrogen) atoms. The van der Waals surface area contributed by atoms with Gasteiger partial charge in [0.15, 0.2) is 0 Å². The Morgan fingerprint density at radius 3 is 2.45 bits per heavy atom. The number of hydrogen-bond donors (Lipinski definition) is 0. The summed E-state index contributed by atoms with van der Waals surface area (Å²) >= 11 is 0. The quantitative estimate of drug-likeness (QED) is 0.671. The predicted octanol–water partition coefficient (Wildman–Crippen LogP) is 4.69. The maximum absolute atomic E-state index is 4.79. The zero-order valence-corrected chi connectivity index (χ0v) is 12.3. The van der Waals surface area contributed by atoms with Crippen molar-refractivity contribution in [1.82, 2.24) is 9.38 Å². The van der Waals surface area contributed by atoms with Crippen LogP contribution in [0.25, 0.3) is 16.9 Å². The molecule has 3 rings (SSSR count). The van der Waals surface area contributed by atoms with Gasteiger partial charge in [-0.3, -0.25) is 0 Å². The zero-order chi connectivity index (χ0) is 14.1. The molecule has 2 aromatic heterocycles. The van der Waals surface area contributed by atoms with Gasteiger partial charge in [-0.2, -0.15) is 0 Å². The Labute approximate surface area is 120 Å². The summed E-state index contributed by atoms with van der Waals surface area (Å²) in [4.78, 5) is 4.79. The van der Waals surface area contributed by atoms with E-state index in [0.717, 1.165) is 17.8 Å². The van der Waals surface area contributed by atoms with Gasteiger partial charge in [-0.15, -0.1) is 0 Å². The lowest BCUT2D eigenvalue weighted by atomic mass is 10.00. The van der Waals surface area contributed by atoms with Gasteiger partial charge in [0.2, 0.25) is 0 Å². The number of pyridine rings is 1. The van der Waals surface area contributed by atoms with Gasteiger partial charge in [0, 0.05) is 11.8 Å². The summed E-state index contributed by atoms with van der Waals surface area (Å²) in [5.41, 5.74) is 5.98. The molecule has 0 spiro atoms. The first-order valence-corrected chi connectivity index (χ1v) is 7.27. The van der Waals surface area contributed by atoms with Gasteiger partial charge >= 0.3 is 0 Å². The first-order chi connectivity index (χ1) is 9.70. The van der Waals surface area contributed by atoms with Crippen LogP contribution in [0.2, 0.25) is 0 Å². The normalized spacial score (nSPS) is 11.4. The molecule has 0 saturated heterocycles. The summed E-state index contributed by atoms with van der Waals surface area (Å²) in [5.74, 6) is 0.566. The third-order valence-corrected chi connectivity index (χ3v) is 3.81. The summed E-state index contributed by atoms with van der Waals surface area (Å²) in [6.45, 7) is 6.62. The van der Waals surface area contributed by atoms with E-state index in [2.05, 4.69) is 67.8 Å². The number of aryl methyl sites for hydroxylation is 1. The zero-order valence-electron chi connectivity index (χ0n) is 12.3. The van der Waals surface area contributed by atoms with Gasteiger partial charge in [0.25, 0.3) is 0 Å². The number of aromatic nitrogens is 2. The summed E-state index contributed by atoms with van der Waals surface area (Å²) in [6.07, 6.45) is 3.07. The SMILES string of the molecule is CCc1c(-c2ccc(C(C)C)cc2)nc2ccccn12. The van der Waals surface area contributed by atoms with Crippen LogP contribution in [0.3, 0.4) is 0 Å². The van der Waals surface area contributed by atoms with Crippen molar-refractivity contribution in [2.45, 2.75) is 33.1 Å². The Balaban J connectivity index is 2.13. The Kier molecular flexibility index (Phi) is 3.31. The fourth-order valence-corrected chi connectivity index (χ4v) is 2.64. The van der Waals surface area contributed by atoms with E-state index in [1.165, 1.54) is 16.8 Å². The molecule has 0 unspecified atom stereocenters. The van der Waals surface area contributed by atoms with Gasteiger partial charge in [0.05, 0.1) is 11.4 Å². The third kappa shape index (κ3) is 2.11. The Morgan fingerprint density at radius 2 is 1.80 bits per heavy atom. The van der Waals surface area contributed by atoms with Gasteiger partial charge in [-0.25, -0.2) is 4.98 Å². The van der Waals surface area contributed by atoms with Crippen LogP contribution in [0.5, 0.6) is 0 Å². The highest BCUT2D eigenvalue weighted by Crippen LogP contribution is 2.26. The minimum atomic E-state index is 0.566. The average Bonchev–Trinajstić information content (AvgIpc) is 2.85. The molecule has 0 atom stereocenters. The van der Waals surface area contributed by atoms with Gasteiger partial charge in [0.1, 0.15) is 5.65 Å². The maximum Gasteiger partial charge on any atom is 0.137 e. The Morgan fingerprint density at radius 1 is 1.05 bits per heavy atom. The van der Waals surface area contributed by atoms with Crippen molar-refractivity contribution < 1.29 is 0 Å². The van der Waals surface area contributed by atoms with E-state index < -0.39 is 0 Å². The summed E-state index contributed by atoms with van der Waals surface area (Å²) in [7, 11) is 0. The monoisotopic (exact) mass is 264 g/mol. The molecule has 0 fully saturated rings. The van der Waals surface area contributed by atoms with Gasteiger partial charge in [-0.1, -0.05) is 51.1 Å². The fourth-order valence-electron chi connectivity index (χ4n) is 2.64. The molecule has 2 nitrogen and oxygen atoms in total. The fraction of sp³-hybridized carbons (Fsp3) is 0.278. The molecule has 0 aliphatic carbocycles. The van der Waals surface area contributed by atoms with Crippen molar-refractivity contribution in [3.8, 4) is 11.3 Å². The second kappa shape index (κ2) is 5.12. The molecular formula is C18H20N2. The number of rotatable bonds is 3. The summed E-state index contributed by atoms with van der Waals surface area (Å²) in [5, 5.41) is 0. The second-order valence-corrected chi connectivity index (χ2v) is 5.47. The minimum absolute atomic E-state index is 0.566. The maximum atomic E-state index is 4.79. The van der Waals surface area contributed by atoms with Crippen LogP contribution in [0.1, 0.15) is 37.9 Å². The molecular weight excluding hydrogens is 244 g/mol. The van der Waals surface area contributed by atoms with Crippen molar-refractivity contribution in [2.24, 2.45) is 0 Å². The highest BCUT2D eigenvalue weighted by molar-refractivity contribution is 5.67. The van der Waals surface area contributed by atoms with E-state index in [4.69, 9.17) is 4.98 Å². The third-order valence-electron chi connectivity index (χ3n) is 3.81. The molecule has 3 aromatic rings. The molecule has 0 aliphatic heterocycles. The Hall–Kier alpha value is -2.09. The van der Waals surface area contributed by atoms with Crippen LogP contribution < -0.4 is 0 Å². The van der Waals surface area contributed by atoms with E-state index in [-0.39, 0.29) is 0 Å². The largest absolute Gasteiger partial charge is 0.303 e. The minimum Gasteiger partial charge on any atom is -0.303 e.